The smallest absolute Gasteiger partial charge is 0.143 e. The van der Waals surface area contributed by atoms with Crippen LogP contribution in [0, 0.1) is 11.6 Å². The van der Waals surface area contributed by atoms with Crippen molar-refractivity contribution in [3.05, 3.63) is 94.7 Å². The molecule has 2 aromatic carbocycles. The van der Waals surface area contributed by atoms with Crippen molar-refractivity contribution in [2.24, 2.45) is 0 Å². The van der Waals surface area contributed by atoms with Gasteiger partial charge < -0.3 is 10.6 Å². The number of nitrogens with zero attached hydrogens (tertiary/aromatic N) is 1. The normalized spacial score (nSPS) is 10.8. The molecule has 0 aliphatic carbocycles. The van der Waals surface area contributed by atoms with Gasteiger partial charge in [-0.3, -0.25) is 0 Å². The highest BCUT2D eigenvalue weighted by Crippen LogP contribution is 2.28. The monoisotopic (exact) mass is 413 g/mol. The van der Waals surface area contributed by atoms with Crippen molar-refractivity contribution in [2.45, 2.75) is 26.3 Å². The van der Waals surface area contributed by atoms with E-state index in [9.17, 15) is 8.78 Å². The van der Waals surface area contributed by atoms with E-state index < -0.39 is 5.82 Å². The van der Waals surface area contributed by atoms with Crippen molar-refractivity contribution >= 4 is 28.8 Å². The van der Waals surface area contributed by atoms with Crippen LogP contribution in [0.2, 0.25) is 5.02 Å². The largest absolute Gasteiger partial charge is 0.381 e. The Balaban J connectivity index is 1.77. The van der Waals surface area contributed by atoms with E-state index in [0.717, 1.165) is 22.4 Å². The molecule has 2 N–H and O–H groups in total. The van der Waals surface area contributed by atoms with E-state index in [1.165, 1.54) is 24.3 Å². The van der Waals surface area contributed by atoms with E-state index in [2.05, 4.69) is 36.0 Å². The Bertz CT molecular complexity index is 1020. The molecular formula is C23H22ClF2N3. The molecule has 0 radical (unpaired) electrons. The molecule has 0 fully saturated rings. The fraction of sp³-hybridized carbons (Fsp3) is 0.174. The highest BCUT2D eigenvalue weighted by atomic mass is 35.5. The molecule has 0 aliphatic rings. The van der Waals surface area contributed by atoms with E-state index in [4.69, 9.17) is 11.6 Å². The SMILES string of the molecule is C=C(NCc1ccc(F)cc1)c1cnc(Nc2ccc(Cl)c(F)c2)cc1C(C)C. The molecule has 0 saturated carbocycles. The summed E-state index contributed by atoms with van der Waals surface area (Å²) in [5, 5.41) is 6.45. The summed E-state index contributed by atoms with van der Waals surface area (Å²) < 4.78 is 26.7. The zero-order valence-corrected chi connectivity index (χ0v) is 17.0. The van der Waals surface area contributed by atoms with E-state index >= 15 is 0 Å². The number of benzene rings is 2. The first-order chi connectivity index (χ1) is 13.8. The van der Waals surface area contributed by atoms with E-state index in [-0.39, 0.29) is 16.8 Å². The molecule has 29 heavy (non-hydrogen) atoms. The number of nitrogens with one attached hydrogen (secondary N) is 2. The molecule has 0 atom stereocenters. The third-order valence-electron chi connectivity index (χ3n) is 4.49. The molecule has 1 aromatic heterocycles. The van der Waals surface area contributed by atoms with Crippen LogP contribution in [0.5, 0.6) is 0 Å². The van der Waals surface area contributed by atoms with Gasteiger partial charge in [0, 0.05) is 29.7 Å². The van der Waals surface area contributed by atoms with Gasteiger partial charge in [0.15, 0.2) is 0 Å². The molecule has 3 rings (SSSR count). The van der Waals surface area contributed by atoms with Gasteiger partial charge >= 0.3 is 0 Å². The second-order valence-corrected chi connectivity index (χ2v) is 7.43. The van der Waals surface area contributed by atoms with Gasteiger partial charge in [-0.25, -0.2) is 13.8 Å². The first-order valence-electron chi connectivity index (χ1n) is 9.23. The summed E-state index contributed by atoms with van der Waals surface area (Å²) >= 11 is 5.73. The molecule has 1 heterocycles. The van der Waals surface area contributed by atoms with Gasteiger partial charge in [0.1, 0.15) is 17.5 Å². The van der Waals surface area contributed by atoms with Gasteiger partial charge in [0.2, 0.25) is 0 Å². The second-order valence-electron chi connectivity index (χ2n) is 7.02. The van der Waals surface area contributed by atoms with Crippen molar-refractivity contribution in [3.8, 4) is 0 Å². The lowest BCUT2D eigenvalue weighted by atomic mass is 9.97. The number of rotatable bonds is 7. The second kappa shape index (κ2) is 9.05. The predicted molar refractivity (Wildman–Crippen MR) is 115 cm³/mol. The molecular weight excluding hydrogens is 392 g/mol. The van der Waals surface area contributed by atoms with Crippen LogP contribution in [0.4, 0.5) is 20.3 Å². The molecule has 0 amide bonds. The number of pyridine rings is 1. The minimum absolute atomic E-state index is 0.0743. The summed E-state index contributed by atoms with van der Waals surface area (Å²) in [6, 6.07) is 12.8. The number of hydrogen-bond acceptors (Lipinski definition) is 3. The van der Waals surface area contributed by atoms with Gasteiger partial charge in [-0.05, 0) is 53.4 Å². The zero-order valence-electron chi connectivity index (χ0n) is 16.3. The maximum absolute atomic E-state index is 13.7. The lowest BCUT2D eigenvalue weighted by Gasteiger charge is -2.18. The molecule has 0 aliphatic heterocycles. The molecule has 0 unspecified atom stereocenters. The van der Waals surface area contributed by atoms with E-state index in [1.807, 2.05) is 6.07 Å². The Hall–Kier alpha value is -2.92. The number of aromatic nitrogens is 1. The first kappa shape index (κ1) is 20.8. The zero-order chi connectivity index (χ0) is 21.0. The van der Waals surface area contributed by atoms with Crippen LogP contribution in [0.1, 0.15) is 36.5 Å². The maximum atomic E-state index is 13.7. The van der Waals surface area contributed by atoms with Crippen molar-refractivity contribution in [2.75, 3.05) is 5.32 Å². The Labute approximate surface area is 174 Å². The molecule has 0 saturated heterocycles. The van der Waals surface area contributed by atoms with Crippen LogP contribution in [-0.2, 0) is 6.54 Å². The van der Waals surface area contributed by atoms with Gasteiger partial charge in [-0.1, -0.05) is 44.2 Å². The van der Waals surface area contributed by atoms with Crippen LogP contribution < -0.4 is 10.6 Å². The fourth-order valence-corrected chi connectivity index (χ4v) is 3.01. The average molecular weight is 414 g/mol. The third kappa shape index (κ3) is 5.33. The van der Waals surface area contributed by atoms with Gasteiger partial charge in [-0.15, -0.1) is 0 Å². The number of halogens is 3. The highest BCUT2D eigenvalue weighted by molar-refractivity contribution is 6.30. The standard InChI is InChI=1S/C23H22ClF2N3/c1-14(2)19-11-23(29-18-8-9-21(24)22(26)10-18)28-13-20(19)15(3)27-12-16-4-6-17(25)7-5-16/h4-11,13-14,27H,3,12H2,1-2H3,(H,28,29). The van der Waals surface area contributed by atoms with E-state index in [0.29, 0.717) is 18.1 Å². The van der Waals surface area contributed by atoms with Crippen LogP contribution in [-0.4, -0.2) is 4.98 Å². The van der Waals surface area contributed by atoms with Gasteiger partial charge in [0.25, 0.3) is 0 Å². The van der Waals surface area contributed by atoms with Crippen LogP contribution in [0.3, 0.4) is 0 Å². The van der Waals surface area contributed by atoms with Crippen molar-refractivity contribution in [1.82, 2.24) is 10.3 Å². The van der Waals surface area contributed by atoms with Crippen LogP contribution >= 0.6 is 11.6 Å². The minimum atomic E-state index is -0.490. The molecule has 3 nitrogen and oxygen atoms in total. The number of anilines is 2. The molecule has 6 heteroatoms. The highest BCUT2D eigenvalue weighted by Gasteiger charge is 2.12. The Morgan fingerprint density at radius 2 is 1.83 bits per heavy atom. The Kier molecular flexibility index (Phi) is 6.49. The topological polar surface area (TPSA) is 37.0 Å². The summed E-state index contributed by atoms with van der Waals surface area (Å²) in [4.78, 5) is 4.44. The number of hydrogen-bond donors (Lipinski definition) is 2. The lowest BCUT2D eigenvalue weighted by Crippen LogP contribution is -2.13. The Morgan fingerprint density at radius 1 is 1.10 bits per heavy atom. The van der Waals surface area contributed by atoms with E-state index in [1.54, 1.807) is 24.4 Å². The molecule has 3 aromatic rings. The molecule has 150 valence electrons. The van der Waals surface area contributed by atoms with Gasteiger partial charge in [0.05, 0.1) is 5.02 Å². The predicted octanol–water partition coefficient (Wildman–Crippen LogP) is 6.64. The van der Waals surface area contributed by atoms with Gasteiger partial charge in [-0.2, -0.15) is 0 Å². The van der Waals surface area contributed by atoms with Crippen LogP contribution in [0.25, 0.3) is 5.70 Å². The molecule has 0 bridgehead atoms. The van der Waals surface area contributed by atoms with Crippen molar-refractivity contribution in [3.63, 3.8) is 0 Å². The minimum Gasteiger partial charge on any atom is -0.381 e. The van der Waals surface area contributed by atoms with Crippen molar-refractivity contribution < 1.29 is 8.78 Å². The summed E-state index contributed by atoms with van der Waals surface area (Å²) in [7, 11) is 0. The first-order valence-corrected chi connectivity index (χ1v) is 9.61. The Morgan fingerprint density at radius 3 is 2.48 bits per heavy atom. The fourth-order valence-electron chi connectivity index (χ4n) is 2.90. The lowest BCUT2D eigenvalue weighted by molar-refractivity contribution is 0.626. The summed E-state index contributed by atoms with van der Waals surface area (Å²) in [6.45, 7) is 8.82. The maximum Gasteiger partial charge on any atom is 0.143 e. The summed E-state index contributed by atoms with van der Waals surface area (Å²) in [6.07, 6.45) is 1.74. The quantitative estimate of drug-likeness (QED) is 0.455. The third-order valence-corrected chi connectivity index (χ3v) is 4.80. The van der Waals surface area contributed by atoms with Crippen LogP contribution in [0.15, 0.2) is 61.3 Å². The summed E-state index contributed by atoms with van der Waals surface area (Å²) in [5.41, 5.74) is 4.20. The summed E-state index contributed by atoms with van der Waals surface area (Å²) in [5.74, 6) is 0.0728. The van der Waals surface area contributed by atoms with Crippen molar-refractivity contribution in [1.29, 1.82) is 0 Å². The average Bonchev–Trinajstić information content (AvgIpc) is 2.70. The molecule has 0 spiro atoms.